The van der Waals surface area contributed by atoms with Crippen LogP contribution in [-0.2, 0) is 0 Å². The van der Waals surface area contributed by atoms with Crippen molar-refractivity contribution in [3.05, 3.63) is 0 Å². The molecule has 2 N–H and O–H groups in total. The lowest BCUT2D eigenvalue weighted by molar-refractivity contribution is 0.555. The second-order valence-corrected chi connectivity index (χ2v) is 2.18. The van der Waals surface area contributed by atoms with Crippen LogP contribution >= 0.6 is 0 Å². The van der Waals surface area contributed by atoms with Crippen molar-refractivity contribution in [2.75, 3.05) is 13.1 Å². The molecule has 0 aliphatic carbocycles. The summed E-state index contributed by atoms with van der Waals surface area (Å²) < 4.78 is 0. The zero-order valence-electron chi connectivity index (χ0n) is 5.35. The van der Waals surface area contributed by atoms with Gasteiger partial charge in [-0.15, -0.1) is 0 Å². The van der Waals surface area contributed by atoms with Gasteiger partial charge in [0.05, 0.1) is 6.07 Å². The van der Waals surface area contributed by atoms with Crippen molar-refractivity contribution in [2.45, 2.75) is 19.0 Å². The first-order valence-electron chi connectivity index (χ1n) is 3.30. The van der Waals surface area contributed by atoms with Gasteiger partial charge >= 0.3 is 0 Å². The number of nitrogens with zero attached hydrogens (tertiary/aromatic N) is 1. The Labute approximate surface area is 55.1 Å². The fourth-order valence-electron chi connectivity index (χ4n) is 0.906. The molecule has 0 atom stereocenters. The SMILES string of the molecule is N#CC1NCCCCN1. The van der Waals surface area contributed by atoms with Crippen LogP contribution in [0.4, 0.5) is 0 Å². The molecule has 0 unspecified atom stereocenters. The van der Waals surface area contributed by atoms with Crippen LogP contribution in [-0.4, -0.2) is 19.3 Å². The summed E-state index contributed by atoms with van der Waals surface area (Å²) in [5.41, 5.74) is 0. The average molecular weight is 125 g/mol. The fourth-order valence-corrected chi connectivity index (χ4v) is 0.906. The third kappa shape index (κ3) is 2.00. The van der Waals surface area contributed by atoms with Crippen LogP contribution in [0, 0.1) is 11.3 Å². The maximum atomic E-state index is 8.44. The Bertz CT molecular complexity index is 108. The van der Waals surface area contributed by atoms with E-state index in [4.69, 9.17) is 5.26 Å². The molecule has 9 heavy (non-hydrogen) atoms. The van der Waals surface area contributed by atoms with Gasteiger partial charge in [0.2, 0.25) is 0 Å². The molecule has 0 spiro atoms. The van der Waals surface area contributed by atoms with Gasteiger partial charge in [0.15, 0.2) is 0 Å². The van der Waals surface area contributed by atoms with Gasteiger partial charge in [-0.3, -0.25) is 10.6 Å². The predicted octanol–water partition coefficient (Wildman–Crippen LogP) is -0.191. The van der Waals surface area contributed by atoms with E-state index < -0.39 is 0 Å². The molecule has 3 heteroatoms. The number of hydrogen-bond donors (Lipinski definition) is 2. The lowest BCUT2D eigenvalue weighted by atomic mass is 10.3. The molecule has 1 saturated heterocycles. The van der Waals surface area contributed by atoms with Crippen LogP contribution in [0.5, 0.6) is 0 Å². The number of rotatable bonds is 0. The Morgan fingerprint density at radius 1 is 1.22 bits per heavy atom. The van der Waals surface area contributed by atoms with Crippen LogP contribution in [0.25, 0.3) is 0 Å². The monoisotopic (exact) mass is 125 g/mol. The molecule has 1 fully saturated rings. The number of hydrogen-bond acceptors (Lipinski definition) is 3. The lowest BCUT2D eigenvalue weighted by Crippen LogP contribution is -2.39. The molecule has 0 aromatic rings. The van der Waals surface area contributed by atoms with Crippen molar-refractivity contribution in [2.24, 2.45) is 0 Å². The third-order valence-electron chi connectivity index (χ3n) is 1.43. The van der Waals surface area contributed by atoms with Gasteiger partial charge in [0.1, 0.15) is 6.17 Å². The van der Waals surface area contributed by atoms with Crippen LogP contribution in [0.1, 0.15) is 12.8 Å². The second kappa shape index (κ2) is 3.44. The normalized spacial score (nSPS) is 22.6. The van der Waals surface area contributed by atoms with E-state index in [0.29, 0.717) is 0 Å². The molecule has 0 radical (unpaired) electrons. The van der Waals surface area contributed by atoms with E-state index in [1.165, 1.54) is 12.8 Å². The molecule has 1 rings (SSSR count). The Kier molecular flexibility index (Phi) is 2.49. The molecule has 0 bridgehead atoms. The Balaban J connectivity index is 2.29. The molecule has 1 heterocycles. The summed E-state index contributed by atoms with van der Waals surface area (Å²) in [7, 11) is 0. The molecule has 0 aromatic carbocycles. The first kappa shape index (κ1) is 6.53. The van der Waals surface area contributed by atoms with Crippen molar-refractivity contribution in [1.82, 2.24) is 10.6 Å². The number of nitrogens with one attached hydrogen (secondary N) is 2. The van der Waals surface area contributed by atoms with Crippen LogP contribution in [0.2, 0.25) is 0 Å². The molecular weight excluding hydrogens is 114 g/mol. The maximum Gasteiger partial charge on any atom is 0.147 e. The van der Waals surface area contributed by atoms with Crippen LogP contribution in [0.3, 0.4) is 0 Å². The molecule has 1 aliphatic rings. The second-order valence-electron chi connectivity index (χ2n) is 2.18. The quantitative estimate of drug-likeness (QED) is 0.471. The van der Waals surface area contributed by atoms with Gasteiger partial charge in [0, 0.05) is 0 Å². The van der Waals surface area contributed by atoms with Crippen LogP contribution in [0.15, 0.2) is 0 Å². The van der Waals surface area contributed by atoms with E-state index in [-0.39, 0.29) is 6.17 Å². The summed E-state index contributed by atoms with van der Waals surface area (Å²) in [6.07, 6.45) is 2.23. The highest BCUT2D eigenvalue weighted by Crippen LogP contribution is 1.90. The van der Waals surface area contributed by atoms with Gasteiger partial charge in [-0.2, -0.15) is 5.26 Å². The summed E-state index contributed by atoms with van der Waals surface area (Å²) in [5.74, 6) is 0. The first-order valence-corrected chi connectivity index (χ1v) is 3.30. The minimum Gasteiger partial charge on any atom is -0.290 e. The Hall–Kier alpha value is -0.590. The molecule has 0 aromatic heterocycles. The van der Waals surface area contributed by atoms with E-state index in [2.05, 4.69) is 16.7 Å². The van der Waals surface area contributed by atoms with E-state index in [1.54, 1.807) is 0 Å². The highest BCUT2D eigenvalue weighted by atomic mass is 15.1. The zero-order valence-corrected chi connectivity index (χ0v) is 5.35. The summed E-state index contributed by atoms with van der Waals surface area (Å²) in [5, 5.41) is 14.6. The molecule has 1 aliphatic heterocycles. The van der Waals surface area contributed by atoms with Gasteiger partial charge in [-0.05, 0) is 25.9 Å². The zero-order chi connectivity index (χ0) is 6.53. The van der Waals surface area contributed by atoms with Gasteiger partial charge < -0.3 is 0 Å². The van der Waals surface area contributed by atoms with Crippen molar-refractivity contribution >= 4 is 0 Å². The smallest absolute Gasteiger partial charge is 0.147 e. The van der Waals surface area contributed by atoms with Gasteiger partial charge in [0.25, 0.3) is 0 Å². The van der Waals surface area contributed by atoms with Crippen molar-refractivity contribution in [3.8, 4) is 6.07 Å². The minimum atomic E-state index is -0.118. The van der Waals surface area contributed by atoms with Crippen molar-refractivity contribution < 1.29 is 0 Å². The summed E-state index contributed by atoms with van der Waals surface area (Å²) in [6, 6.07) is 2.12. The third-order valence-corrected chi connectivity index (χ3v) is 1.43. The summed E-state index contributed by atoms with van der Waals surface area (Å²) in [6.45, 7) is 1.93. The highest BCUT2D eigenvalue weighted by molar-refractivity contribution is 4.88. The largest absolute Gasteiger partial charge is 0.290 e. The van der Waals surface area contributed by atoms with E-state index in [1.807, 2.05) is 0 Å². The predicted molar refractivity (Wildman–Crippen MR) is 34.6 cm³/mol. The fraction of sp³-hybridized carbons (Fsp3) is 0.833. The first-order chi connectivity index (χ1) is 4.43. The molecule has 50 valence electrons. The molecular formula is C6H11N3. The van der Waals surface area contributed by atoms with Crippen molar-refractivity contribution in [1.29, 1.82) is 5.26 Å². The standard InChI is InChI=1S/C6H11N3/c7-5-6-8-3-1-2-4-9-6/h6,8-9H,1-4H2. The molecule has 0 saturated carbocycles. The summed E-state index contributed by atoms with van der Waals surface area (Å²) in [4.78, 5) is 0. The highest BCUT2D eigenvalue weighted by Gasteiger charge is 2.06. The van der Waals surface area contributed by atoms with E-state index >= 15 is 0 Å². The topological polar surface area (TPSA) is 47.9 Å². The number of nitriles is 1. The van der Waals surface area contributed by atoms with E-state index in [0.717, 1.165) is 13.1 Å². The Morgan fingerprint density at radius 2 is 1.78 bits per heavy atom. The molecule has 0 amide bonds. The van der Waals surface area contributed by atoms with Gasteiger partial charge in [-0.25, -0.2) is 0 Å². The van der Waals surface area contributed by atoms with Crippen LogP contribution < -0.4 is 10.6 Å². The minimum absolute atomic E-state index is 0.118. The van der Waals surface area contributed by atoms with Gasteiger partial charge in [-0.1, -0.05) is 0 Å². The average Bonchev–Trinajstić information content (AvgIpc) is 2.13. The maximum absolute atomic E-state index is 8.44. The molecule has 3 nitrogen and oxygen atoms in total. The Morgan fingerprint density at radius 3 is 2.22 bits per heavy atom. The van der Waals surface area contributed by atoms with E-state index in [9.17, 15) is 0 Å². The van der Waals surface area contributed by atoms with Crippen molar-refractivity contribution in [3.63, 3.8) is 0 Å². The lowest BCUT2D eigenvalue weighted by Gasteiger charge is -2.05. The summed E-state index contributed by atoms with van der Waals surface area (Å²) >= 11 is 0.